The minimum atomic E-state index is -1.01. The fourth-order valence-corrected chi connectivity index (χ4v) is 1.24. The van der Waals surface area contributed by atoms with Crippen LogP contribution in [0.25, 0.3) is 0 Å². The fourth-order valence-electron chi connectivity index (χ4n) is 1.24. The van der Waals surface area contributed by atoms with E-state index in [1.165, 1.54) is 6.26 Å². The number of carbonyl (C=O) groups is 1. The average molecular weight is 199 g/mol. The molecule has 1 aromatic rings. The van der Waals surface area contributed by atoms with Crippen molar-refractivity contribution in [1.82, 2.24) is 5.16 Å². The van der Waals surface area contributed by atoms with Crippen molar-refractivity contribution in [3.8, 4) is 0 Å². The van der Waals surface area contributed by atoms with Gasteiger partial charge < -0.3 is 19.1 Å². The van der Waals surface area contributed by atoms with Gasteiger partial charge in [-0.3, -0.25) is 0 Å². The molecular formula is C8H9NO5. The number of ether oxygens (including phenoxy) is 2. The zero-order valence-corrected chi connectivity index (χ0v) is 7.30. The third-order valence-electron chi connectivity index (χ3n) is 2.05. The molecule has 14 heavy (non-hydrogen) atoms. The molecule has 1 aromatic heterocycles. The predicted octanol–water partition coefficient (Wildman–Crippen LogP) is 0.00130. The Labute approximate surface area is 79.4 Å². The van der Waals surface area contributed by atoms with Gasteiger partial charge in [-0.1, -0.05) is 5.16 Å². The maximum Gasteiger partial charge on any atom is 0.329 e. The van der Waals surface area contributed by atoms with Crippen LogP contribution in [0.1, 0.15) is 5.69 Å². The topological polar surface area (TPSA) is 81.8 Å². The molecule has 1 aliphatic heterocycles. The number of nitrogens with zero attached hydrogens (tertiary/aromatic N) is 1. The molecule has 76 valence electrons. The van der Waals surface area contributed by atoms with Gasteiger partial charge in [0.05, 0.1) is 13.2 Å². The molecule has 1 N–H and O–H groups in total. The van der Waals surface area contributed by atoms with E-state index in [2.05, 4.69) is 9.68 Å². The minimum absolute atomic E-state index is 0.312. The number of aliphatic carboxylic acids is 1. The van der Waals surface area contributed by atoms with Crippen LogP contribution in [0.4, 0.5) is 0 Å². The molecule has 0 unspecified atom stereocenters. The van der Waals surface area contributed by atoms with Crippen molar-refractivity contribution in [3.05, 3.63) is 18.0 Å². The Morgan fingerprint density at radius 2 is 2.50 bits per heavy atom. The van der Waals surface area contributed by atoms with Crippen LogP contribution in [0.2, 0.25) is 0 Å². The normalized spacial score (nSPS) is 18.9. The summed E-state index contributed by atoms with van der Waals surface area (Å²) in [5.41, 5.74) is -0.157. The first-order valence-corrected chi connectivity index (χ1v) is 4.07. The fraction of sp³-hybridized carbons (Fsp3) is 0.500. The molecule has 2 heterocycles. The van der Waals surface area contributed by atoms with Crippen LogP contribution in [0, 0.1) is 0 Å². The van der Waals surface area contributed by atoms with Crippen molar-refractivity contribution < 1.29 is 23.9 Å². The van der Waals surface area contributed by atoms with Crippen LogP contribution in [0.15, 0.2) is 16.9 Å². The van der Waals surface area contributed by atoms with Crippen molar-refractivity contribution in [2.75, 3.05) is 19.8 Å². The zero-order chi connectivity index (χ0) is 10.0. The van der Waals surface area contributed by atoms with Crippen LogP contribution in [0.3, 0.4) is 0 Å². The van der Waals surface area contributed by atoms with Gasteiger partial charge in [-0.05, 0) is 0 Å². The molecule has 6 heteroatoms. The smallest absolute Gasteiger partial charge is 0.329 e. The van der Waals surface area contributed by atoms with Crippen LogP contribution < -0.4 is 0 Å². The standard InChI is InChI=1S/C8H9NO5/c10-7(11)3-13-8(4-12-5-8)6-1-2-14-9-6/h1-2H,3-5H2,(H,10,11). The van der Waals surface area contributed by atoms with Crippen LogP contribution in [0.5, 0.6) is 0 Å². The van der Waals surface area contributed by atoms with Crippen molar-refractivity contribution in [1.29, 1.82) is 0 Å². The molecule has 2 rings (SSSR count). The largest absolute Gasteiger partial charge is 0.480 e. The summed E-state index contributed by atoms with van der Waals surface area (Å²) >= 11 is 0. The van der Waals surface area contributed by atoms with Gasteiger partial charge in [0, 0.05) is 6.07 Å². The van der Waals surface area contributed by atoms with E-state index in [0.29, 0.717) is 18.9 Å². The summed E-state index contributed by atoms with van der Waals surface area (Å²) < 4.78 is 14.9. The number of hydrogen-bond donors (Lipinski definition) is 1. The van der Waals surface area contributed by atoms with Gasteiger partial charge in [-0.15, -0.1) is 0 Å². The Hall–Kier alpha value is -1.40. The molecule has 1 fully saturated rings. The Balaban J connectivity index is 2.07. The second kappa shape index (κ2) is 3.39. The van der Waals surface area contributed by atoms with Crippen molar-refractivity contribution in [3.63, 3.8) is 0 Å². The number of rotatable bonds is 4. The summed E-state index contributed by atoms with van der Waals surface area (Å²) in [4.78, 5) is 10.3. The van der Waals surface area contributed by atoms with Crippen molar-refractivity contribution in [2.45, 2.75) is 5.60 Å². The summed E-state index contributed by atoms with van der Waals surface area (Å²) in [6.07, 6.45) is 1.42. The lowest BCUT2D eigenvalue weighted by molar-refractivity contribution is -0.222. The molecule has 0 aliphatic carbocycles. The maximum atomic E-state index is 10.3. The van der Waals surface area contributed by atoms with Gasteiger partial charge in [0.2, 0.25) is 0 Å². The highest BCUT2D eigenvalue weighted by atomic mass is 16.6. The first kappa shape index (κ1) is 9.17. The van der Waals surface area contributed by atoms with E-state index >= 15 is 0 Å². The third kappa shape index (κ3) is 1.49. The number of aromatic nitrogens is 1. The molecule has 0 amide bonds. The summed E-state index contributed by atoms with van der Waals surface area (Å²) in [5, 5.41) is 12.2. The predicted molar refractivity (Wildman–Crippen MR) is 42.6 cm³/mol. The number of hydrogen-bond acceptors (Lipinski definition) is 5. The lowest BCUT2D eigenvalue weighted by Gasteiger charge is -2.38. The second-order valence-electron chi connectivity index (χ2n) is 3.05. The molecular weight excluding hydrogens is 190 g/mol. The van der Waals surface area contributed by atoms with Crippen LogP contribution >= 0.6 is 0 Å². The SMILES string of the molecule is O=C(O)COC1(c2ccon2)COC1. The molecule has 0 aromatic carbocycles. The highest BCUT2D eigenvalue weighted by Crippen LogP contribution is 2.32. The van der Waals surface area contributed by atoms with E-state index < -0.39 is 11.6 Å². The molecule has 6 nitrogen and oxygen atoms in total. The maximum absolute atomic E-state index is 10.3. The number of carboxylic acid groups (broad SMARTS) is 1. The Morgan fingerprint density at radius 1 is 1.71 bits per heavy atom. The first-order valence-electron chi connectivity index (χ1n) is 4.07. The molecule has 1 aliphatic rings. The van der Waals surface area contributed by atoms with Crippen molar-refractivity contribution in [2.24, 2.45) is 0 Å². The van der Waals surface area contributed by atoms with E-state index in [1.807, 2.05) is 0 Å². The summed E-state index contributed by atoms with van der Waals surface area (Å²) in [5.74, 6) is -1.01. The van der Waals surface area contributed by atoms with E-state index in [-0.39, 0.29) is 6.61 Å². The van der Waals surface area contributed by atoms with Gasteiger partial charge in [0.15, 0.2) is 5.60 Å². The van der Waals surface area contributed by atoms with Crippen LogP contribution in [-0.2, 0) is 19.9 Å². The summed E-state index contributed by atoms with van der Waals surface area (Å²) in [6, 6.07) is 1.64. The number of carboxylic acids is 1. The monoisotopic (exact) mass is 199 g/mol. The molecule has 0 atom stereocenters. The molecule has 0 saturated carbocycles. The zero-order valence-electron chi connectivity index (χ0n) is 7.30. The second-order valence-corrected chi connectivity index (χ2v) is 3.05. The molecule has 0 bridgehead atoms. The van der Waals surface area contributed by atoms with Gasteiger partial charge in [-0.2, -0.15) is 0 Å². The van der Waals surface area contributed by atoms with E-state index in [4.69, 9.17) is 14.6 Å². The van der Waals surface area contributed by atoms with Gasteiger partial charge in [0.1, 0.15) is 18.6 Å². The molecule has 1 saturated heterocycles. The minimum Gasteiger partial charge on any atom is -0.480 e. The lowest BCUT2D eigenvalue weighted by Crippen LogP contribution is -2.50. The van der Waals surface area contributed by atoms with Gasteiger partial charge >= 0.3 is 5.97 Å². The highest BCUT2D eigenvalue weighted by molar-refractivity contribution is 5.68. The van der Waals surface area contributed by atoms with Gasteiger partial charge in [-0.25, -0.2) is 4.79 Å². The highest BCUT2D eigenvalue weighted by Gasteiger charge is 2.44. The van der Waals surface area contributed by atoms with Gasteiger partial charge in [0.25, 0.3) is 0 Å². The quantitative estimate of drug-likeness (QED) is 0.735. The third-order valence-corrected chi connectivity index (χ3v) is 2.05. The first-order chi connectivity index (χ1) is 6.73. The summed E-state index contributed by atoms with van der Waals surface area (Å²) in [6.45, 7) is 0.260. The molecule has 0 radical (unpaired) electrons. The Kier molecular flexibility index (Phi) is 2.22. The Bertz CT molecular complexity index is 316. The van der Waals surface area contributed by atoms with E-state index in [9.17, 15) is 4.79 Å². The van der Waals surface area contributed by atoms with E-state index in [0.717, 1.165) is 0 Å². The lowest BCUT2D eigenvalue weighted by atomic mass is 9.98. The molecule has 0 spiro atoms. The van der Waals surface area contributed by atoms with E-state index in [1.54, 1.807) is 6.07 Å². The van der Waals surface area contributed by atoms with Crippen LogP contribution in [-0.4, -0.2) is 36.1 Å². The average Bonchev–Trinajstić information content (AvgIpc) is 2.55. The Morgan fingerprint density at radius 3 is 2.93 bits per heavy atom. The van der Waals surface area contributed by atoms with Crippen molar-refractivity contribution >= 4 is 5.97 Å². The summed E-state index contributed by atoms with van der Waals surface area (Å²) in [7, 11) is 0.